The number of benzene rings is 9. The van der Waals surface area contributed by atoms with Crippen molar-refractivity contribution in [2.75, 3.05) is 0 Å². The van der Waals surface area contributed by atoms with Crippen LogP contribution in [0.25, 0.3) is 110 Å². The van der Waals surface area contributed by atoms with E-state index in [2.05, 4.69) is 179 Å². The molecule has 3 aromatic heterocycles. The highest BCUT2D eigenvalue weighted by Gasteiger charge is 2.23. The molecule has 0 bridgehead atoms. The molecule has 0 saturated carbocycles. The number of para-hydroxylation sites is 4. The number of hydrogen-bond acceptors (Lipinski definition) is 2. The molecule has 0 spiro atoms. The number of fused-ring (bicyclic) bond motifs is 15. The summed E-state index contributed by atoms with van der Waals surface area (Å²) in [6, 6.07) is 61.4. The van der Waals surface area contributed by atoms with Gasteiger partial charge in [0.2, 0.25) is 5.95 Å². The third kappa shape index (κ3) is 3.65. The van der Waals surface area contributed by atoms with Crippen LogP contribution in [-0.4, -0.2) is 18.9 Å². The first-order chi connectivity index (χ1) is 25.8. The third-order valence-electron chi connectivity index (χ3n) is 11.1. The molecule has 0 fully saturated rings. The van der Waals surface area contributed by atoms with Gasteiger partial charge in [-0.25, -0.2) is 9.97 Å². The summed E-state index contributed by atoms with van der Waals surface area (Å²) in [7, 11) is 0. The van der Waals surface area contributed by atoms with Gasteiger partial charge in [0, 0.05) is 21.5 Å². The largest absolute Gasteiger partial charge is 0.278 e. The molecule has 0 aliphatic carbocycles. The highest BCUT2D eigenvalue weighted by atomic mass is 15.2. The lowest BCUT2D eigenvalue weighted by Crippen LogP contribution is -2.06. The highest BCUT2D eigenvalue weighted by molar-refractivity contribution is 6.26. The second-order valence-electron chi connectivity index (χ2n) is 13.8. The molecule has 0 atom stereocenters. The molecule has 4 heteroatoms. The maximum Gasteiger partial charge on any atom is 0.221 e. The van der Waals surface area contributed by atoms with Crippen molar-refractivity contribution in [1.29, 1.82) is 0 Å². The summed E-state index contributed by atoms with van der Waals surface area (Å²) in [5.41, 5.74) is 8.51. The first kappa shape index (κ1) is 27.7. The Morgan fingerprint density at radius 3 is 1.71 bits per heavy atom. The van der Waals surface area contributed by atoms with E-state index in [-0.39, 0.29) is 0 Å². The van der Waals surface area contributed by atoms with Gasteiger partial charge in [-0.3, -0.25) is 8.97 Å². The molecular weight excluding hydrogens is 633 g/mol. The van der Waals surface area contributed by atoms with E-state index in [1.54, 1.807) is 0 Å². The zero-order chi connectivity index (χ0) is 33.9. The molecule has 3 heterocycles. The second kappa shape index (κ2) is 10.3. The molecule has 0 amide bonds. The normalized spacial score (nSPS) is 12.2. The minimum absolute atomic E-state index is 0.828. The monoisotopic (exact) mass is 660 g/mol. The van der Waals surface area contributed by atoms with Crippen LogP contribution >= 0.6 is 0 Å². The van der Waals surface area contributed by atoms with Crippen molar-refractivity contribution in [1.82, 2.24) is 18.9 Å². The second-order valence-corrected chi connectivity index (χ2v) is 13.8. The van der Waals surface area contributed by atoms with E-state index < -0.39 is 0 Å². The van der Waals surface area contributed by atoms with Gasteiger partial charge >= 0.3 is 0 Å². The zero-order valence-corrected chi connectivity index (χ0v) is 28.0. The quantitative estimate of drug-likeness (QED) is 0.173. The molecule has 52 heavy (non-hydrogen) atoms. The Balaban J connectivity index is 1.27. The first-order valence-electron chi connectivity index (χ1n) is 17.8. The summed E-state index contributed by atoms with van der Waals surface area (Å²) < 4.78 is 4.62. The maximum absolute atomic E-state index is 5.45. The summed E-state index contributed by atoms with van der Waals surface area (Å²) in [4.78, 5) is 10.6. The molecular formula is C48H28N4. The molecule has 0 aliphatic heterocycles. The Morgan fingerprint density at radius 1 is 0.346 bits per heavy atom. The topological polar surface area (TPSA) is 35.1 Å². The third-order valence-corrected chi connectivity index (χ3v) is 11.1. The number of hydrogen-bond donors (Lipinski definition) is 0. The summed E-state index contributed by atoms with van der Waals surface area (Å²) in [5, 5.41) is 13.4. The number of imidazole rings is 1. The minimum atomic E-state index is 0.828. The van der Waals surface area contributed by atoms with Crippen molar-refractivity contribution in [2.24, 2.45) is 0 Å². The Kier molecular flexibility index (Phi) is 5.47. The van der Waals surface area contributed by atoms with E-state index in [0.717, 1.165) is 44.6 Å². The van der Waals surface area contributed by atoms with Crippen molar-refractivity contribution < 1.29 is 0 Å². The van der Waals surface area contributed by atoms with Gasteiger partial charge in [-0.2, -0.15) is 0 Å². The number of aromatic nitrogens is 4. The summed E-state index contributed by atoms with van der Waals surface area (Å²) >= 11 is 0. The van der Waals surface area contributed by atoms with Gasteiger partial charge in [0.15, 0.2) is 0 Å². The predicted octanol–water partition coefficient (Wildman–Crippen LogP) is 12.4. The number of rotatable bonds is 2. The number of nitrogens with zero attached hydrogens (tertiary/aromatic N) is 4. The lowest BCUT2D eigenvalue weighted by molar-refractivity contribution is 0.982. The van der Waals surface area contributed by atoms with Crippen LogP contribution in [-0.2, 0) is 0 Å². The predicted molar refractivity (Wildman–Crippen MR) is 218 cm³/mol. The first-order valence-corrected chi connectivity index (χ1v) is 17.8. The zero-order valence-electron chi connectivity index (χ0n) is 28.0. The molecule has 0 unspecified atom stereocenters. The maximum atomic E-state index is 5.45. The Morgan fingerprint density at radius 2 is 0.904 bits per heavy atom. The van der Waals surface area contributed by atoms with Gasteiger partial charge in [0.25, 0.3) is 0 Å². The van der Waals surface area contributed by atoms with Crippen molar-refractivity contribution in [3.05, 3.63) is 170 Å². The average molecular weight is 661 g/mol. The van der Waals surface area contributed by atoms with Crippen molar-refractivity contribution >= 4 is 92.5 Å². The Labute approximate surface area is 297 Å². The van der Waals surface area contributed by atoms with Gasteiger partial charge in [-0.15, -0.1) is 0 Å². The molecule has 0 radical (unpaired) electrons. The average Bonchev–Trinajstić information content (AvgIpc) is 3.77. The molecule has 240 valence electrons. The van der Waals surface area contributed by atoms with Crippen LogP contribution in [0.15, 0.2) is 170 Å². The van der Waals surface area contributed by atoms with Crippen LogP contribution in [0.2, 0.25) is 0 Å². The fourth-order valence-corrected chi connectivity index (χ4v) is 8.81. The molecule has 12 rings (SSSR count). The van der Waals surface area contributed by atoms with E-state index in [1.807, 2.05) is 0 Å². The summed E-state index contributed by atoms with van der Waals surface area (Å²) in [6.07, 6.45) is 0. The highest BCUT2D eigenvalue weighted by Crippen LogP contribution is 2.45. The lowest BCUT2D eigenvalue weighted by Gasteiger charge is -2.17. The van der Waals surface area contributed by atoms with Gasteiger partial charge < -0.3 is 0 Å². The van der Waals surface area contributed by atoms with E-state index in [1.165, 1.54) is 65.0 Å². The fraction of sp³-hybridized carbons (Fsp3) is 0. The van der Waals surface area contributed by atoms with Crippen LogP contribution in [0.1, 0.15) is 0 Å². The molecule has 9 aromatic carbocycles. The van der Waals surface area contributed by atoms with Gasteiger partial charge in [-0.1, -0.05) is 127 Å². The fourth-order valence-electron chi connectivity index (χ4n) is 8.81. The van der Waals surface area contributed by atoms with Gasteiger partial charge in [0.05, 0.1) is 27.6 Å². The molecule has 0 N–H and O–H groups in total. The van der Waals surface area contributed by atoms with Crippen molar-refractivity contribution in [2.45, 2.75) is 0 Å². The van der Waals surface area contributed by atoms with Crippen LogP contribution in [0, 0.1) is 0 Å². The molecule has 12 aromatic rings. The standard InChI is InChI=1S/C48H28N4/c1-2-14-30-29(13-1)25-26-34-31-15-3-4-16-32(31)39(27-38(30)34)40-28-41-35-18-8-11-23-44(35)51(46(41)36-19-6-5-17-33(36)40)48-50-42-21-9-7-20-37(42)47-49-43-22-10-12-24-45(43)52(47)48/h1-28H. The smallest absolute Gasteiger partial charge is 0.221 e. The lowest BCUT2D eigenvalue weighted by atomic mass is 9.88. The van der Waals surface area contributed by atoms with Gasteiger partial charge in [-0.05, 0) is 91.3 Å². The van der Waals surface area contributed by atoms with Crippen LogP contribution in [0.4, 0.5) is 0 Å². The van der Waals surface area contributed by atoms with Gasteiger partial charge in [0.1, 0.15) is 5.65 Å². The molecule has 0 saturated heterocycles. The SMILES string of the molecule is c1ccc2c(c1)ccc1c3ccccc3c(-c3cc4c5ccccc5n(-c5nc6ccccc6c6nc7ccccc7n56)c4c4ccccc34)cc21. The van der Waals surface area contributed by atoms with Crippen molar-refractivity contribution in [3.63, 3.8) is 0 Å². The van der Waals surface area contributed by atoms with Crippen LogP contribution < -0.4 is 0 Å². The van der Waals surface area contributed by atoms with E-state index >= 15 is 0 Å². The Bertz CT molecular complexity index is 3480. The molecule has 0 aliphatic rings. The van der Waals surface area contributed by atoms with Crippen LogP contribution in [0.3, 0.4) is 0 Å². The van der Waals surface area contributed by atoms with Crippen molar-refractivity contribution in [3.8, 4) is 17.1 Å². The summed E-state index contributed by atoms with van der Waals surface area (Å²) in [5.74, 6) is 0.828. The van der Waals surface area contributed by atoms with E-state index in [0.29, 0.717) is 0 Å². The molecule has 4 nitrogen and oxygen atoms in total. The summed E-state index contributed by atoms with van der Waals surface area (Å²) in [6.45, 7) is 0. The van der Waals surface area contributed by atoms with Crippen LogP contribution in [0.5, 0.6) is 0 Å². The Hall–Kier alpha value is -7.04. The van der Waals surface area contributed by atoms with E-state index in [9.17, 15) is 0 Å². The minimum Gasteiger partial charge on any atom is -0.278 e. The van der Waals surface area contributed by atoms with E-state index in [4.69, 9.17) is 9.97 Å².